The van der Waals surface area contributed by atoms with Crippen molar-refractivity contribution in [3.63, 3.8) is 0 Å². The zero-order valence-electron chi connectivity index (χ0n) is 8.62. The highest BCUT2D eigenvalue weighted by Gasteiger charge is 2.39. The van der Waals surface area contributed by atoms with Crippen LogP contribution in [-0.2, 0) is 16.9 Å². The Hall–Kier alpha value is -0.860. The van der Waals surface area contributed by atoms with E-state index < -0.39 is 0 Å². The molecule has 2 rings (SSSR count). The Kier molecular flexibility index (Phi) is 2.57. The van der Waals surface area contributed by atoms with E-state index in [1.54, 1.807) is 7.11 Å². The molecule has 0 aromatic heterocycles. The minimum atomic E-state index is -0.0318. The van der Waals surface area contributed by atoms with Crippen LogP contribution in [0.2, 0.25) is 0 Å². The molecule has 1 saturated carbocycles. The smallest absolute Gasteiger partial charge is 0.0930 e. The normalized spacial score (nSPS) is 19.0. The van der Waals surface area contributed by atoms with Gasteiger partial charge in [0.05, 0.1) is 5.60 Å². The Morgan fingerprint density at radius 3 is 2.57 bits per heavy atom. The SMILES string of the molecule is COC1(c2ccccc2CN)CCC1. The average Bonchev–Trinajstić information content (AvgIpc) is 2.18. The summed E-state index contributed by atoms with van der Waals surface area (Å²) in [5.74, 6) is 0. The van der Waals surface area contributed by atoms with E-state index in [9.17, 15) is 0 Å². The predicted molar refractivity (Wildman–Crippen MR) is 56.9 cm³/mol. The van der Waals surface area contributed by atoms with Gasteiger partial charge in [-0.15, -0.1) is 0 Å². The standard InChI is InChI=1S/C12H17NO/c1-14-12(7-4-8-12)11-6-3-2-5-10(11)9-13/h2-3,5-6H,4,7-9,13H2,1H3. The molecule has 0 bridgehead atoms. The Balaban J connectivity index is 2.38. The van der Waals surface area contributed by atoms with E-state index >= 15 is 0 Å². The molecule has 1 fully saturated rings. The zero-order valence-corrected chi connectivity index (χ0v) is 8.62. The van der Waals surface area contributed by atoms with Crippen LogP contribution in [0.15, 0.2) is 24.3 Å². The first kappa shape index (κ1) is 9.69. The number of hydrogen-bond acceptors (Lipinski definition) is 2. The van der Waals surface area contributed by atoms with Crippen LogP contribution >= 0.6 is 0 Å². The van der Waals surface area contributed by atoms with Crippen LogP contribution in [0, 0.1) is 0 Å². The van der Waals surface area contributed by atoms with Crippen molar-refractivity contribution < 1.29 is 4.74 Å². The first-order valence-electron chi connectivity index (χ1n) is 5.16. The summed E-state index contributed by atoms with van der Waals surface area (Å²) in [5.41, 5.74) is 8.20. The summed E-state index contributed by atoms with van der Waals surface area (Å²) in [6, 6.07) is 8.33. The fourth-order valence-corrected chi connectivity index (χ4v) is 2.22. The van der Waals surface area contributed by atoms with Crippen LogP contribution in [0.4, 0.5) is 0 Å². The van der Waals surface area contributed by atoms with Crippen LogP contribution in [0.5, 0.6) is 0 Å². The molecule has 2 heteroatoms. The summed E-state index contributed by atoms with van der Waals surface area (Å²) in [5, 5.41) is 0. The van der Waals surface area contributed by atoms with Gasteiger partial charge in [0, 0.05) is 13.7 Å². The Morgan fingerprint density at radius 1 is 1.36 bits per heavy atom. The summed E-state index contributed by atoms with van der Waals surface area (Å²) < 4.78 is 5.65. The monoisotopic (exact) mass is 191 g/mol. The molecule has 0 unspecified atom stereocenters. The molecule has 1 aromatic carbocycles. The summed E-state index contributed by atoms with van der Waals surface area (Å²) in [6.45, 7) is 0.598. The molecule has 0 amide bonds. The molecular weight excluding hydrogens is 174 g/mol. The van der Waals surface area contributed by atoms with Crippen molar-refractivity contribution >= 4 is 0 Å². The molecular formula is C12H17NO. The lowest BCUT2D eigenvalue weighted by Crippen LogP contribution is -2.37. The second-order valence-corrected chi connectivity index (χ2v) is 3.91. The maximum absolute atomic E-state index is 5.73. The quantitative estimate of drug-likeness (QED) is 0.794. The van der Waals surface area contributed by atoms with Crippen molar-refractivity contribution in [1.29, 1.82) is 0 Å². The first-order valence-corrected chi connectivity index (χ1v) is 5.16. The van der Waals surface area contributed by atoms with E-state index in [4.69, 9.17) is 10.5 Å². The minimum absolute atomic E-state index is 0.0318. The van der Waals surface area contributed by atoms with Crippen LogP contribution in [0.1, 0.15) is 30.4 Å². The highest BCUT2D eigenvalue weighted by molar-refractivity contribution is 5.34. The van der Waals surface area contributed by atoms with Gasteiger partial charge in [0.1, 0.15) is 0 Å². The van der Waals surface area contributed by atoms with E-state index in [1.165, 1.54) is 17.5 Å². The molecule has 0 atom stereocenters. The minimum Gasteiger partial charge on any atom is -0.374 e. The number of ether oxygens (including phenoxy) is 1. The molecule has 0 heterocycles. The van der Waals surface area contributed by atoms with Gasteiger partial charge >= 0.3 is 0 Å². The highest BCUT2D eigenvalue weighted by atomic mass is 16.5. The van der Waals surface area contributed by atoms with Gasteiger partial charge < -0.3 is 10.5 Å². The second-order valence-electron chi connectivity index (χ2n) is 3.91. The van der Waals surface area contributed by atoms with Gasteiger partial charge in [0.15, 0.2) is 0 Å². The lowest BCUT2D eigenvalue weighted by Gasteiger charge is -2.42. The Labute approximate surface area is 85.1 Å². The zero-order chi connectivity index (χ0) is 10.0. The molecule has 0 radical (unpaired) electrons. The molecule has 0 saturated heterocycles. The fourth-order valence-electron chi connectivity index (χ4n) is 2.22. The number of hydrogen-bond donors (Lipinski definition) is 1. The first-order chi connectivity index (χ1) is 6.82. The third-order valence-electron chi connectivity index (χ3n) is 3.28. The summed E-state index contributed by atoms with van der Waals surface area (Å²) >= 11 is 0. The molecule has 1 aliphatic rings. The number of benzene rings is 1. The summed E-state index contributed by atoms with van der Waals surface area (Å²) in [4.78, 5) is 0. The molecule has 76 valence electrons. The third-order valence-corrected chi connectivity index (χ3v) is 3.28. The van der Waals surface area contributed by atoms with Crippen molar-refractivity contribution in [3.8, 4) is 0 Å². The molecule has 1 aromatic rings. The Morgan fingerprint density at radius 2 is 2.07 bits per heavy atom. The topological polar surface area (TPSA) is 35.2 Å². The average molecular weight is 191 g/mol. The van der Waals surface area contributed by atoms with Gasteiger partial charge in [0.25, 0.3) is 0 Å². The van der Waals surface area contributed by atoms with E-state index in [1.807, 2.05) is 6.07 Å². The Bertz CT molecular complexity index is 312. The lowest BCUT2D eigenvalue weighted by molar-refractivity contribution is -0.0784. The van der Waals surface area contributed by atoms with Crippen molar-refractivity contribution in [2.24, 2.45) is 5.73 Å². The van der Waals surface area contributed by atoms with Crippen molar-refractivity contribution in [2.45, 2.75) is 31.4 Å². The van der Waals surface area contributed by atoms with E-state index in [-0.39, 0.29) is 5.60 Å². The summed E-state index contributed by atoms with van der Waals surface area (Å²) in [6.07, 6.45) is 3.51. The molecule has 0 spiro atoms. The van der Waals surface area contributed by atoms with Gasteiger partial charge in [-0.2, -0.15) is 0 Å². The van der Waals surface area contributed by atoms with Gasteiger partial charge in [0.2, 0.25) is 0 Å². The van der Waals surface area contributed by atoms with Crippen LogP contribution < -0.4 is 5.73 Å². The van der Waals surface area contributed by atoms with Gasteiger partial charge in [-0.1, -0.05) is 24.3 Å². The molecule has 14 heavy (non-hydrogen) atoms. The second kappa shape index (κ2) is 3.71. The number of nitrogens with two attached hydrogens (primary N) is 1. The van der Waals surface area contributed by atoms with Crippen molar-refractivity contribution in [3.05, 3.63) is 35.4 Å². The largest absolute Gasteiger partial charge is 0.374 e. The van der Waals surface area contributed by atoms with Crippen molar-refractivity contribution in [1.82, 2.24) is 0 Å². The van der Waals surface area contributed by atoms with Crippen LogP contribution in [0.25, 0.3) is 0 Å². The highest BCUT2D eigenvalue weighted by Crippen LogP contribution is 2.45. The maximum atomic E-state index is 5.73. The van der Waals surface area contributed by atoms with Crippen molar-refractivity contribution in [2.75, 3.05) is 7.11 Å². The molecule has 2 nitrogen and oxygen atoms in total. The summed E-state index contributed by atoms with van der Waals surface area (Å²) in [7, 11) is 1.80. The van der Waals surface area contributed by atoms with Gasteiger partial charge in [-0.05, 0) is 30.4 Å². The van der Waals surface area contributed by atoms with Gasteiger partial charge in [-0.25, -0.2) is 0 Å². The van der Waals surface area contributed by atoms with Crippen LogP contribution in [-0.4, -0.2) is 7.11 Å². The molecule has 1 aliphatic carbocycles. The number of methoxy groups -OCH3 is 1. The maximum Gasteiger partial charge on any atom is 0.0930 e. The predicted octanol–water partition coefficient (Wildman–Crippen LogP) is 2.17. The van der Waals surface area contributed by atoms with Crippen LogP contribution in [0.3, 0.4) is 0 Å². The fraction of sp³-hybridized carbons (Fsp3) is 0.500. The van der Waals surface area contributed by atoms with E-state index in [0.717, 1.165) is 12.8 Å². The van der Waals surface area contributed by atoms with E-state index in [0.29, 0.717) is 6.54 Å². The third kappa shape index (κ3) is 1.35. The number of rotatable bonds is 3. The molecule has 0 aliphatic heterocycles. The van der Waals surface area contributed by atoms with E-state index in [2.05, 4.69) is 18.2 Å². The lowest BCUT2D eigenvalue weighted by atomic mass is 9.73. The molecule has 2 N–H and O–H groups in total. The van der Waals surface area contributed by atoms with Gasteiger partial charge in [-0.3, -0.25) is 0 Å².